The van der Waals surface area contributed by atoms with Crippen LogP contribution in [0.1, 0.15) is 48.4 Å². The molecule has 0 aliphatic heterocycles. The molecule has 23 heavy (non-hydrogen) atoms. The predicted octanol–water partition coefficient (Wildman–Crippen LogP) is 3.26. The lowest BCUT2D eigenvalue weighted by Crippen LogP contribution is -2.22. The van der Waals surface area contributed by atoms with Crippen LogP contribution >= 0.6 is 0 Å². The molecule has 0 spiro atoms. The summed E-state index contributed by atoms with van der Waals surface area (Å²) in [4.78, 5) is 31.3. The quantitative estimate of drug-likeness (QED) is 0.656. The summed E-state index contributed by atoms with van der Waals surface area (Å²) in [5, 5.41) is 0. The number of carbonyl (C=O) groups excluding carboxylic acids is 1. The molecule has 0 radical (unpaired) electrons. The number of aryl methyl sites for hydroxylation is 2. The molecule has 2 aromatic rings. The first-order chi connectivity index (χ1) is 11.1. The molecule has 0 saturated heterocycles. The van der Waals surface area contributed by atoms with Gasteiger partial charge in [0.15, 0.2) is 0 Å². The number of nitrogens with one attached hydrogen (secondary N) is 1. The third kappa shape index (κ3) is 4.06. The summed E-state index contributed by atoms with van der Waals surface area (Å²) >= 11 is 0. The van der Waals surface area contributed by atoms with E-state index in [1.807, 2.05) is 32.9 Å². The molecule has 0 amide bonds. The number of aromatic nitrogens is 2. The van der Waals surface area contributed by atoms with Gasteiger partial charge in [-0.05, 0) is 43.5 Å². The maximum absolute atomic E-state index is 12.2. The second kappa shape index (κ2) is 7.72. The molecule has 5 heteroatoms. The Morgan fingerprint density at radius 3 is 2.74 bits per heavy atom. The second-order valence-corrected chi connectivity index (χ2v) is 5.43. The lowest BCUT2D eigenvalue weighted by atomic mass is 10.0. The zero-order valence-electron chi connectivity index (χ0n) is 13.8. The Balaban J connectivity index is 2.44. The van der Waals surface area contributed by atoms with Gasteiger partial charge >= 0.3 is 5.97 Å². The molecule has 0 fully saturated rings. The monoisotopic (exact) mass is 314 g/mol. The zero-order valence-corrected chi connectivity index (χ0v) is 13.8. The van der Waals surface area contributed by atoms with Crippen molar-refractivity contribution in [3.8, 4) is 11.1 Å². The molecule has 122 valence electrons. The molecule has 0 unspecified atom stereocenters. The van der Waals surface area contributed by atoms with Crippen molar-refractivity contribution >= 4 is 5.97 Å². The molecule has 2 aromatic heterocycles. The summed E-state index contributed by atoms with van der Waals surface area (Å²) in [6, 6.07) is 5.42. The topological polar surface area (TPSA) is 72.0 Å². The van der Waals surface area contributed by atoms with Crippen LogP contribution < -0.4 is 5.56 Å². The van der Waals surface area contributed by atoms with Gasteiger partial charge in [0.25, 0.3) is 5.56 Å². The van der Waals surface area contributed by atoms with E-state index in [1.54, 1.807) is 12.3 Å². The Bertz CT molecular complexity index is 750. The number of nitrogens with zero attached hydrogens (tertiary/aromatic N) is 1. The van der Waals surface area contributed by atoms with Crippen LogP contribution in [0, 0.1) is 6.92 Å². The molecule has 0 aliphatic carbocycles. The molecule has 2 heterocycles. The molecule has 0 aliphatic rings. The van der Waals surface area contributed by atoms with E-state index >= 15 is 0 Å². The summed E-state index contributed by atoms with van der Waals surface area (Å²) in [5.41, 5.74) is 3.07. The predicted molar refractivity (Wildman–Crippen MR) is 89.6 cm³/mol. The van der Waals surface area contributed by atoms with Crippen molar-refractivity contribution in [1.29, 1.82) is 0 Å². The maximum atomic E-state index is 12.2. The van der Waals surface area contributed by atoms with Gasteiger partial charge in [-0.25, -0.2) is 4.79 Å². The average molecular weight is 314 g/mol. The molecule has 0 aromatic carbocycles. The SMILES string of the molecule is CCCCOC(=O)c1cc(-c2ccnc(C)c2)c(CC)[nH]c1=O. The van der Waals surface area contributed by atoms with E-state index in [0.29, 0.717) is 13.0 Å². The number of esters is 1. The Kier molecular flexibility index (Phi) is 5.68. The van der Waals surface area contributed by atoms with E-state index < -0.39 is 11.5 Å². The summed E-state index contributed by atoms with van der Waals surface area (Å²) in [6.45, 7) is 6.21. The smallest absolute Gasteiger partial charge is 0.343 e. The number of hydrogen-bond donors (Lipinski definition) is 1. The van der Waals surface area contributed by atoms with Gasteiger partial charge in [-0.2, -0.15) is 0 Å². The van der Waals surface area contributed by atoms with Crippen LogP contribution in [-0.2, 0) is 11.2 Å². The second-order valence-electron chi connectivity index (χ2n) is 5.43. The molecule has 1 N–H and O–H groups in total. The van der Waals surface area contributed by atoms with Gasteiger partial charge in [0.1, 0.15) is 5.56 Å². The third-order valence-corrected chi connectivity index (χ3v) is 3.64. The van der Waals surface area contributed by atoms with Gasteiger partial charge < -0.3 is 9.72 Å². The lowest BCUT2D eigenvalue weighted by molar-refractivity contribution is 0.0497. The van der Waals surface area contributed by atoms with E-state index in [1.165, 1.54) is 0 Å². The standard InChI is InChI=1S/C18H22N2O3/c1-4-6-9-23-18(22)15-11-14(16(5-2)20-17(15)21)13-7-8-19-12(3)10-13/h7-8,10-11H,4-6,9H2,1-3H3,(H,20,21). The first-order valence-corrected chi connectivity index (χ1v) is 7.93. The number of aromatic amines is 1. The van der Waals surface area contributed by atoms with Gasteiger partial charge in [-0.15, -0.1) is 0 Å². The number of unbranched alkanes of at least 4 members (excludes halogenated alkanes) is 1. The highest BCUT2D eigenvalue weighted by Gasteiger charge is 2.16. The Hall–Kier alpha value is -2.43. The number of hydrogen-bond acceptors (Lipinski definition) is 4. The van der Waals surface area contributed by atoms with Crippen LogP contribution in [-0.4, -0.2) is 22.5 Å². The third-order valence-electron chi connectivity index (χ3n) is 3.64. The Morgan fingerprint density at radius 2 is 2.09 bits per heavy atom. The minimum atomic E-state index is -0.575. The first-order valence-electron chi connectivity index (χ1n) is 7.93. The van der Waals surface area contributed by atoms with E-state index in [4.69, 9.17) is 4.74 Å². The first kappa shape index (κ1) is 16.9. The number of H-pyrrole nitrogens is 1. The number of pyridine rings is 2. The highest BCUT2D eigenvalue weighted by Crippen LogP contribution is 2.23. The van der Waals surface area contributed by atoms with Crippen molar-refractivity contribution in [3.63, 3.8) is 0 Å². The Morgan fingerprint density at radius 1 is 1.30 bits per heavy atom. The molecule has 0 saturated carbocycles. The van der Waals surface area contributed by atoms with Crippen LogP contribution in [0.15, 0.2) is 29.2 Å². The molecular weight excluding hydrogens is 292 g/mol. The van der Waals surface area contributed by atoms with Gasteiger partial charge in [0, 0.05) is 23.1 Å². The number of rotatable bonds is 6. The van der Waals surface area contributed by atoms with Crippen molar-refractivity contribution in [2.24, 2.45) is 0 Å². The van der Waals surface area contributed by atoms with Gasteiger partial charge in [-0.3, -0.25) is 9.78 Å². The summed E-state index contributed by atoms with van der Waals surface area (Å²) < 4.78 is 5.17. The van der Waals surface area contributed by atoms with Crippen molar-refractivity contribution in [2.45, 2.75) is 40.0 Å². The number of carbonyl (C=O) groups is 1. The van der Waals surface area contributed by atoms with E-state index in [0.717, 1.165) is 35.4 Å². The Labute approximate surface area is 135 Å². The summed E-state index contributed by atoms with van der Waals surface area (Å²) in [7, 11) is 0. The molecule has 2 rings (SSSR count). The van der Waals surface area contributed by atoms with Gasteiger partial charge in [0.2, 0.25) is 0 Å². The van der Waals surface area contributed by atoms with Crippen LogP contribution in [0.25, 0.3) is 11.1 Å². The van der Waals surface area contributed by atoms with Crippen LogP contribution in [0.5, 0.6) is 0 Å². The van der Waals surface area contributed by atoms with Gasteiger partial charge in [-0.1, -0.05) is 20.3 Å². The minimum Gasteiger partial charge on any atom is -0.462 e. The maximum Gasteiger partial charge on any atom is 0.343 e. The lowest BCUT2D eigenvalue weighted by Gasteiger charge is -2.11. The average Bonchev–Trinajstić information content (AvgIpc) is 2.54. The fourth-order valence-electron chi connectivity index (χ4n) is 2.36. The van der Waals surface area contributed by atoms with Crippen molar-refractivity contribution < 1.29 is 9.53 Å². The van der Waals surface area contributed by atoms with E-state index in [-0.39, 0.29) is 5.56 Å². The number of ether oxygens (including phenoxy) is 1. The summed E-state index contributed by atoms with van der Waals surface area (Å²) in [5.74, 6) is -0.575. The molecular formula is C18H22N2O3. The zero-order chi connectivity index (χ0) is 16.8. The van der Waals surface area contributed by atoms with Crippen molar-refractivity contribution in [1.82, 2.24) is 9.97 Å². The highest BCUT2D eigenvalue weighted by molar-refractivity contribution is 5.90. The van der Waals surface area contributed by atoms with E-state index in [9.17, 15) is 9.59 Å². The largest absolute Gasteiger partial charge is 0.462 e. The van der Waals surface area contributed by atoms with Gasteiger partial charge in [0.05, 0.1) is 6.61 Å². The van der Waals surface area contributed by atoms with E-state index in [2.05, 4.69) is 9.97 Å². The fourth-order valence-corrected chi connectivity index (χ4v) is 2.36. The highest BCUT2D eigenvalue weighted by atomic mass is 16.5. The normalized spacial score (nSPS) is 10.6. The molecule has 0 atom stereocenters. The van der Waals surface area contributed by atoms with Crippen LogP contribution in [0.3, 0.4) is 0 Å². The van der Waals surface area contributed by atoms with Crippen LogP contribution in [0.2, 0.25) is 0 Å². The fraction of sp³-hybridized carbons (Fsp3) is 0.389. The van der Waals surface area contributed by atoms with Crippen LogP contribution in [0.4, 0.5) is 0 Å². The minimum absolute atomic E-state index is 0.0442. The van der Waals surface area contributed by atoms with Crippen molar-refractivity contribution in [2.75, 3.05) is 6.61 Å². The molecule has 0 bridgehead atoms. The molecule has 5 nitrogen and oxygen atoms in total. The van der Waals surface area contributed by atoms with Crippen molar-refractivity contribution in [3.05, 3.63) is 51.7 Å². The summed E-state index contributed by atoms with van der Waals surface area (Å²) in [6.07, 6.45) is 4.10.